The lowest BCUT2D eigenvalue weighted by Gasteiger charge is -2.23. The molecular formula is C20H25NO6S. The van der Waals surface area contributed by atoms with Gasteiger partial charge in [0.2, 0.25) is 5.91 Å². The van der Waals surface area contributed by atoms with Crippen molar-refractivity contribution in [1.82, 2.24) is 0 Å². The fourth-order valence-electron chi connectivity index (χ4n) is 4.85. The smallest absolute Gasteiger partial charge is 0.341 e. The molecule has 0 unspecified atom stereocenters. The van der Waals surface area contributed by atoms with Crippen molar-refractivity contribution in [3.05, 3.63) is 16.0 Å². The molecule has 0 spiro atoms. The van der Waals surface area contributed by atoms with Crippen molar-refractivity contribution in [1.29, 1.82) is 0 Å². The number of anilines is 1. The molecular weight excluding hydrogens is 382 g/mol. The van der Waals surface area contributed by atoms with Crippen molar-refractivity contribution in [3.63, 3.8) is 0 Å². The molecule has 2 saturated heterocycles. The molecule has 0 aromatic carbocycles. The number of methoxy groups -OCH3 is 1. The van der Waals surface area contributed by atoms with Gasteiger partial charge in [-0.3, -0.25) is 9.59 Å². The summed E-state index contributed by atoms with van der Waals surface area (Å²) in [5.41, 5.74) is 1.42. The Morgan fingerprint density at radius 3 is 2.43 bits per heavy atom. The Labute approximate surface area is 167 Å². The van der Waals surface area contributed by atoms with Crippen LogP contribution in [-0.4, -0.2) is 42.3 Å². The van der Waals surface area contributed by atoms with Crippen molar-refractivity contribution in [2.75, 3.05) is 12.4 Å². The van der Waals surface area contributed by atoms with Gasteiger partial charge in [0.25, 0.3) is 0 Å². The minimum absolute atomic E-state index is 0.367. The largest absolute Gasteiger partial charge is 0.481 e. The van der Waals surface area contributed by atoms with E-state index in [1.165, 1.54) is 18.4 Å². The number of carbonyl (C=O) groups is 3. The lowest BCUT2D eigenvalue weighted by atomic mass is 9.78. The lowest BCUT2D eigenvalue weighted by Crippen LogP contribution is -2.41. The highest BCUT2D eigenvalue weighted by Gasteiger charge is 2.55. The average molecular weight is 407 g/mol. The molecule has 2 aliphatic heterocycles. The molecule has 3 heterocycles. The van der Waals surface area contributed by atoms with E-state index in [1.54, 1.807) is 0 Å². The van der Waals surface area contributed by atoms with E-state index in [0.29, 0.717) is 23.4 Å². The van der Waals surface area contributed by atoms with E-state index in [4.69, 9.17) is 9.47 Å². The van der Waals surface area contributed by atoms with Crippen molar-refractivity contribution in [3.8, 4) is 0 Å². The normalized spacial score (nSPS) is 28.9. The van der Waals surface area contributed by atoms with Crippen LogP contribution >= 0.6 is 11.3 Å². The summed E-state index contributed by atoms with van der Waals surface area (Å²) in [6.45, 7) is 0. The molecule has 1 amide bonds. The molecule has 2 N–H and O–H groups in total. The second-order valence-corrected chi connectivity index (χ2v) is 8.89. The monoisotopic (exact) mass is 407 g/mol. The number of esters is 1. The molecule has 3 aliphatic rings. The fourth-order valence-corrected chi connectivity index (χ4v) is 6.13. The molecule has 1 aliphatic carbocycles. The number of hydrogen-bond acceptors (Lipinski definition) is 6. The van der Waals surface area contributed by atoms with E-state index in [2.05, 4.69) is 5.32 Å². The summed E-state index contributed by atoms with van der Waals surface area (Å²) in [5.74, 6) is -3.39. The number of hydrogen-bond donors (Lipinski definition) is 2. The van der Waals surface area contributed by atoms with Gasteiger partial charge >= 0.3 is 11.9 Å². The minimum Gasteiger partial charge on any atom is -0.481 e. The van der Waals surface area contributed by atoms with Crippen molar-refractivity contribution < 1.29 is 29.0 Å². The quantitative estimate of drug-likeness (QED) is 0.744. The molecule has 7 nitrogen and oxygen atoms in total. The van der Waals surface area contributed by atoms with E-state index in [9.17, 15) is 19.5 Å². The maximum atomic E-state index is 13.0. The maximum Gasteiger partial charge on any atom is 0.341 e. The first-order chi connectivity index (χ1) is 13.5. The van der Waals surface area contributed by atoms with E-state index >= 15 is 0 Å². The van der Waals surface area contributed by atoms with Crippen LogP contribution in [0.2, 0.25) is 0 Å². The van der Waals surface area contributed by atoms with E-state index in [0.717, 1.165) is 49.0 Å². The predicted octanol–water partition coefficient (Wildman–Crippen LogP) is 3.01. The standard InChI is InChI=1S/C20H25NO6S/c1-26-20(25)14-10-6-4-2-3-5-7-13(10)28-18(14)21-17(22)15-11-8-9-12(27-11)16(15)19(23)24/h11-12,15-16H,2-9H2,1H3,(H,21,22)(H,23,24)/t11-,12-,15-,16-/m1/s1. The van der Waals surface area contributed by atoms with Gasteiger partial charge in [-0.2, -0.15) is 0 Å². The number of ether oxygens (including phenoxy) is 2. The number of carboxylic acids is 1. The summed E-state index contributed by atoms with van der Waals surface area (Å²) in [6, 6.07) is 0. The first-order valence-corrected chi connectivity index (χ1v) is 10.7. The van der Waals surface area contributed by atoms with Gasteiger partial charge in [0.1, 0.15) is 5.00 Å². The van der Waals surface area contributed by atoms with Gasteiger partial charge in [-0.05, 0) is 44.1 Å². The zero-order chi connectivity index (χ0) is 19.8. The molecule has 2 fully saturated rings. The summed E-state index contributed by atoms with van der Waals surface area (Å²) < 4.78 is 10.7. The number of carbonyl (C=O) groups excluding carboxylic acids is 2. The van der Waals surface area contributed by atoms with Crippen LogP contribution < -0.4 is 5.32 Å². The van der Waals surface area contributed by atoms with Gasteiger partial charge in [-0.1, -0.05) is 12.8 Å². The molecule has 1 aromatic rings. The Balaban J connectivity index is 1.63. The number of amides is 1. The SMILES string of the molecule is COC(=O)c1c(NC(=O)[C@H]2[C@H](C(=O)O)[C@H]3CC[C@H]2O3)sc2c1CCCCCC2. The van der Waals surface area contributed by atoms with Crippen LogP contribution in [0.5, 0.6) is 0 Å². The second-order valence-electron chi connectivity index (χ2n) is 7.78. The highest BCUT2D eigenvalue weighted by molar-refractivity contribution is 7.17. The summed E-state index contributed by atoms with van der Waals surface area (Å²) in [4.78, 5) is 38.3. The minimum atomic E-state index is -1.00. The summed E-state index contributed by atoms with van der Waals surface area (Å²) in [6.07, 6.45) is 6.62. The molecule has 8 heteroatoms. The molecule has 152 valence electrons. The Morgan fingerprint density at radius 1 is 1.07 bits per heavy atom. The van der Waals surface area contributed by atoms with Crippen LogP contribution in [0.15, 0.2) is 0 Å². The first-order valence-electron chi connectivity index (χ1n) is 9.93. The van der Waals surface area contributed by atoms with Crippen LogP contribution in [0.3, 0.4) is 0 Å². The number of carboxylic acid groups (broad SMARTS) is 1. The second kappa shape index (κ2) is 7.83. The van der Waals surface area contributed by atoms with Crippen molar-refractivity contribution in [2.45, 2.75) is 63.6 Å². The maximum absolute atomic E-state index is 13.0. The molecule has 28 heavy (non-hydrogen) atoms. The average Bonchev–Trinajstić information content (AvgIpc) is 3.34. The van der Waals surface area contributed by atoms with E-state index < -0.39 is 29.9 Å². The highest BCUT2D eigenvalue weighted by atomic mass is 32.1. The van der Waals surface area contributed by atoms with E-state index in [-0.39, 0.29) is 12.0 Å². The zero-order valence-corrected chi connectivity index (χ0v) is 16.7. The first kappa shape index (κ1) is 19.4. The van der Waals surface area contributed by atoms with Gasteiger partial charge < -0.3 is 19.9 Å². The third kappa shape index (κ3) is 3.33. The Bertz CT molecular complexity index is 803. The van der Waals surface area contributed by atoms with Gasteiger partial charge in [-0.25, -0.2) is 4.79 Å². The number of nitrogens with one attached hydrogen (secondary N) is 1. The van der Waals surface area contributed by atoms with Gasteiger partial charge in [-0.15, -0.1) is 11.3 Å². The molecule has 0 saturated carbocycles. The highest BCUT2D eigenvalue weighted by Crippen LogP contribution is 2.45. The Hall–Kier alpha value is -1.93. The lowest BCUT2D eigenvalue weighted by molar-refractivity contribution is -0.147. The van der Waals surface area contributed by atoms with Crippen LogP contribution in [0.25, 0.3) is 0 Å². The van der Waals surface area contributed by atoms with E-state index in [1.807, 2.05) is 0 Å². The Morgan fingerprint density at radius 2 is 1.75 bits per heavy atom. The van der Waals surface area contributed by atoms with Crippen LogP contribution in [0.1, 0.15) is 59.3 Å². The number of fused-ring (bicyclic) bond motifs is 3. The van der Waals surface area contributed by atoms with Crippen molar-refractivity contribution in [2.24, 2.45) is 11.8 Å². The molecule has 0 radical (unpaired) electrons. The Kier molecular flexibility index (Phi) is 5.42. The van der Waals surface area contributed by atoms with Crippen molar-refractivity contribution >= 4 is 34.2 Å². The third-order valence-corrected chi connectivity index (χ3v) is 7.37. The number of aryl methyl sites for hydroxylation is 1. The number of rotatable bonds is 4. The molecule has 1 aromatic heterocycles. The predicted molar refractivity (Wildman–Crippen MR) is 103 cm³/mol. The summed E-state index contributed by atoms with van der Waals surface area (Å²) in [7, 11) is 1.34. The van der Waals surface area contributed by atoms with Crippen LogP contribution in [-0.2, 0) is 31.9 Å². The third-order valence-electron chi connectivity index (χ3n) is 6.16. The summed E-state index contributed by atoms with van der Waals surface area (Å²) in [5, 5.41) is 12.9. The van der Waals surface area contributed by atoms with Crippen LogP contribution in [0, 0.1) is 11.8 Å². The topological polar surface area (TPSA) is 102 Å². The fraction of sp³-hybridized carbons (Fsp3) is 0.650. The van der Waals surface area contributed by atoms with Gasteiger partial charge in [0.15, 0.2) is 0 Å². The van der Waals surface area contributed by atoms with Gasteiger partial charge in [0.05, 0.1) is 36.7 Å². The zero-order valence-electron chi connectivity index (χ0n) is 15.9. The number of aliphatic carboxylic acids is 1. The summed E-state index contributed by atoms with van der Waals surface area (Å²) >= 11 is 1.42. The number of thiophene rings is 1. The molecule has 4 atom stereocenters. The molecule has 2 bridgehead atoms. The van der Waals surface area contributed by atoms with Crippen LogP contribution in [0.4, 0.5) is 5.00 Å². The van der Waals surface area contributed by atoms with Gasteiger partial charge in [0, 0.05) is 4.88 Å². The molecule has 4 rings (SSSR count).